The van der Waals surface area contributed by atoms with Crippen LogP contribution in [0, 0.1) is 11.6 Å². The van der Waals surface area contributed by atoms with Gasteiger partial charge in [-0.25, -0.2) is 13.6 Å². The number of hydrogen-bond acceptors (Lipinski definition) is 3. The van der Waals surface area contributed by atoms with E-state index in [-0.39, 0.29) is 12.1 Å². The third kappa shape index (κ3) is 2.36. The van der Waals surface area contributed by atoms with Crippen molar-refractivity contribution in [3.05, 3.63) is 35.4 Å². The molecule has 0 spiro atoms. The number of nitrogens with zero attached hydrogens (tertiary/aromatic N) is 1. The highest BCUT2D eigenvalue weighted by molar-refractivity contribution is 5.69. The smallest absolute Gasteiger partial charge is 0.410 e. The molecule has 0 bridgehead atoms. The molecular weight excluding hydrogens is 230 g/mol. The maximum Gasteiger partial charge on any atom is 0.410 e. The first-order chi connectivity index (χ1) is 8.09. The molecule has 1 unspecified atom stereocenters. The minimum Gasteiger partial charge on any atom is -0.448 e. The Hall–Kier alpha value is -1.69. The lowest BCUT2D eigenvalue weighted by atomic mass is 10.1. The minimum absolute atomic E-state index is 0.0599. The first-order valence-electron chi connectivity index (χ1n) is 5.21. The second kappa shape index (κ2) is 4.67. The van der Waals surface area contributed by atoms with Crippen LogP contribution in [-0.2, 0) is 4.74 Å². The Balaban J connectivity index is 2.11. The molecule has 0 saturated carbocycles. The number of halogens is 2. The minimum atomic E-state index is -0.965. The Morgan fingerprint density at radius 2 is 2.24 bits per heavy atom. The third-order valence-electron chi connectivity index (χ3n) is 2.64. The zero-order valence-electron chi connectivity index (χ0n) is 9.03. The van der Waals surface area contributed by atoms with Crippen LogP contribution in [0.5, 0.6) is 0 Å². The fraction of sp³-hybridized carbons (Fsp3) is 0.364. The first kappa shape index (κ1) is 11.8. The summed E-state index contributed by atoms with van der Waals surface area (Å²) in [7, 11) is 0. The summed E-state index contributed by atoms with van der Waals surface area (Å²) in [5, 5.41) is 0. The van der Waals surface area contributed by atoms with Crippen LogP contribution < -0.4 is 5.73 Å². The zero-order chi connectivity index (χ0) is 12.4. The van der Waals surface area contributed by atoms with Crippen LogP contribution in [0.25, 0.3) is 0 Å². The molecule has 0 radical (unpaired) electrons. The van der Waals surface area contributed by atoms with Crippen LogP contribution in [0.15, 0.2) is 18.2 Å². The molecule has 92 valence electrons. The molecule has 1 aliphatic rings. The molecule has 2 N–H and O–H groups in total. The van der Waals surface area contributed by atoms with E-state index in [0.29, 0.717) is 13.2 Å². The van der Waals surface area contributed by atoms with E-state index in [1.54, 1.807) is 0 Å². The Bertz CT molecular complexity index is 439. The van der Waals surface area contributed by atoms with Crippen molar-refractivity contribution in [1.82, 2.24) is 4.90 Å². The Kier molecular flexibility index (Phi) is 3.23. The highest BCUT2D eigenvalue weighted by atomic mass is 19.2. The Morgan fingerprint density at radius 1 is 1.47 bits per heavy atom. The predicted molar refractivity (Wildman–Crippen MR) is 56.2 cm³/mol. The van der Waals surface area contributed by atoms with Crippen LogP contribution in [0.4, 0.5) is 13.6 Å². The standard InChI is InChI=1S/C11H12F2N2O2/c12-8-3-1-2-7(10(8)13)9(14)6-15-4-5-17-11(15)16/h1-3,9H,4-6,14H2. The van der Waals surface area contributed by atoms with Crippen LogP contribution in [-0.4, -0.2) is 30.7 Å². The number of benzene rings is 1. The number of hydrogen-bond donors (Lipinski definition) is 1. The molecule has 0 aliphatic carbocycles. The SMILES string of the molecule is NC(CN1CCOC1=O)c1cccc(F)c1F. The summed E-state index contributed by atoms with van der Waals surface area (Å²) >= 11 is 0. The third-order valence-corrected chi connectivity index (χ3v) is 2.64. The van der Waals surface area contributed by atoms with Gasteiger partial charge in [-0.2, -0.15) is 0 Å². The number of cyclic esters (lactones) is 1. The lowest BCUT2D eigenvalue weighted by molar-refractivity contribution is 0.157. The van der Waals surface area contributed by atoms with E-state index in [2.05, 4.69) is 0 Å². The van der Waals surface area contributed by atoms with Gasteiger partial charge in [0, 0.05) is 12.1 Å². The number of carbonyl (C=O) groups is 1. The number of amides is 1. The van der Waals surface area contributed by atoms with Gasteiger partial charge in [-0.05, 0) is 6.07 Å². The number of rotatable bonds is 3. The summed E-state index contributed by atoms with van der Waals surface area (Å²) in [5.41, 5.74) is 5.81. The van der Waals surface area contributed by atoms with Gasteiger partial charge >= 0.3 is 6.09 Å². The van der Waals surface area contributed by atoms with E-state index in [4.69, 9.17) is 10.5 Å². The van der Waals surface area contributed by atoms with Crippen molar-refractivity contribution in [2.24, 2.45) is 5.73 Å². The molecule has 1 amide bonds. The summed E-state index contributed by atoms with van der Waals surface area (Å²) in [5.74, 6) is -1.91. The van der Waals surface area contributed by atoms with Gasteiger partial charge in [0.2, 0.25) is 0 Å². The van der Waals surface area contributed by atoms with Gasteiger partial charge in [-0.3, -0.25) is 0 Å². The van der Waals surface area contributed by atoms with Gasteiger partial charge in [-0.15, -0.1) is 0 Å². The molecular formula is C11H12F2N2O2. The molecule has 2 rings (SSSR count). The van der Waals surface area contributed by atoms with Crippen molar-refractivity contribution >= 4 is 6.09 Å². The monoisotopic (exact) mass is 242 g/mol. The number of carbonyl (C=O) groups excluding carboxylic acids is 1. The van der Waals surface area contributed by atoms with Crippen LogP contribution in [0.2, 0.25) is 0 Å². The molecule has 4 nitrogen and oxygen atoms in total. The topological polar surface area (TPSA) is 55.6 Å². The Labute approximate surface area is 97.0 Å². The van der Waals surface area contributed by atoms with Crippen molar-refractivity contribution in [2.75, 3.05) is 19.7 Å². The van der Waals surface area contributed by atoms with E-state index >= 15 is 0 Å². The van der Waals surface area contributed by atoms with Crippen LogP contribution >= 0.6 is 0 Å². The fourth-order valence-electron chi connectivity index (χ4n) is 1.73. The second-order valence-electron chi connectivity index (χ2n) is 3.81. The van der Waals surface area contributed by atoms with E-state index in [0.717, 1.165) is 6.07 Å². The number of ether oxygens (including phenoxy) is 1. The van der Waals surface area contributed by atoms with Crippen molar-refractivity contribution in [1.29, 1.82) is 0 Å². The van der Waals surface area contributed by atoms with Crippen molar-refractivity contribution in [3.63, 3.8) is 0 Å². The largest absolute Gasteiger partial charge is 0.448 e. The summed E-state index contributed by atoms with van der Waals surface area (Å²) in [4.78, 5) is 12.5. The molecule has 1 aliphatic heterocycles. The van der Waals surface area contributed by atoms with Gasteiger partial charge < -0.3 is 15.4 Å². The van der Waals surface area contributed by atoms with E-state index < -0.39 is 23.8 Å². The molecule has 6 heteroatoms. The van der Waals surface area contributed by atoms with E-state index in [9.17, 15) is 13.6 Å². The van der Waals surface area contributed by atoms with Crippen LogP contribution in [0.3, 0.4) is 0 Å². The molecule has 1 aromatic rings. The highest BCUT2D eigenvalue weighted by Crippen LogP contribution is 2.19. The quantitative estimate of drug-likeness (QED) is 0.872. The number of nitrogens with two attached hydrogens (primary N) is 1. The van der Waals surface area contributed by atoms with Gasteiger partial charge in [-0.1, -0.05) is 12.1 Å². The summed E-state index contributed by atoms with van der Waals surface area (Å²) < 4.78 is 31.1. The average molecular weight is 242 g/mol. The molecule has 1 heterocycles. The normalized spacial score (nSPS) is 17.1. The summed E-state index contributed by atoms with van der Waals surface area (Å²) in [6, 6.07) is 3.05. The van der Waals surface area contributed by atoms with E-state index in [1.807, 2.05) is 0 Å². The summed E-state index contributed by atoms with van der Waals surface area (Å²) in [6.45, 7) is 0.833. The maximum atomic E-state index is 13.4. The fourth-order valence-corrected chi connectivity index (χ4v) is 1.73. The zero-order valence-corrected chi connectivity index (χ0v) is 9.03. The predicted octanol–water partition coefficient (Wildman–Crippen LogP) is 1.42. The lowest BCUT2D eigenvalue weighted by Crippen LogP contribution is -2.33. The molecule has 1 atom stereocenters. The van der Waals surface area contributed by atoms with Crippen molar-refractivity contribution in [3.8, 4) is 0 Å². The molecule has 1 fully saturated rings. The lowest BCUT2D eigenvalue weighted by Gasteiger charge is -2.19. The second-order valence-corrected chi connectivity index (χ2v) is 3.81. The molecule has 17 heavy (non-hydrogen) atoms. The van der Waals surface area contributed by atoms with Gasteiger partial charge in [0.15, 0.2) is 11.6 Å². The summed E-state index contributed by atoms with van der Waals surface area (Å²) in [6.07, 6.45) is -0.475. The van der Waals surface area contributed by atoms with Gasteiger partial charge in [0.05, 0.1) is 12.6 Å². The molecule has 0 aromatic heterocycles. The van der Waals surface area contributed by atoms with Crippen LogP contribution in [0.1, 0.15) is 11.6 Å². The molecule has 1 aromatic carbocycles. The van der Waals surface area contributed by atoms with Crippen molar-refractivity contribution in [2.45, 2.75) is 6.04 Å². The first-order valence-corrected chi connectivity index (χ1v) is 5.21. The maximum absolute atomic E-state index is 13.4. The molecule has 1 saturated heterocycles. The average Bonchev–Trinajstić information content (AvgIpc) is 2.68. The van der Waals surface area contributed by atoms with Gasteiger partial charge in [0.25, 0.3) is 0 Å². The Morgan fingerprint density at radius 3 is 2.88 bits per heavy atom. The van der Waals surface area contributed by atoms with E-state index in [1.165, 1.54) is 17.0 Å². The highest BCUT2D eigenvalue weighted by Gasteiger charge is 2.25. The van der Waals surface area contributed by atoms with Gasteiger partial charge in [0.1, 0.15) is 6.61 Å². The van der Waals surface area contributed by atoms with Crippen molar-refractivity contribution < 1.29 is 18.3 Å².